The highest BCUT2D eigenvalue weighted by molar-refractivity contribution is 7.80. The standard InChI is InChI=1S/C20H27N3OS/c21-19(25)23-22-18-14-9-6-11-16(18)20(24)12-5-4-10-15(20)17(14)13-7-2-1-3-8-13/h1-3,7-8,14-17,24H,4-6,9-12H2,(H3,21,23,25)/b22-18-/t14-,15+,16-,17-,20+/m0/s1. The Morgan fingerprint density at radius 1 is 1.16 bits per heavy atom. The average Bonchev–Trinajstić information content (AvgIpc) is 2.62. The van der Waals surface area contributed by atoms with E-state index >= 15 is 0 Å². The molecule has 0 saturated heterocycles. The van der Waals surface area contributed by atoms with E-state index in [9.17, 15) is 5.11 Å². The lowest BCUT2D eigenvalue weighted by Crippen LogP contribution is -2.61. The second-order valence-corrected chi connectivity index (χ2v) is 8.32. The van der Waals surface area contributed by atoms with Crippen molar-refractivity contribution in [1.29, 1.82) is 0 Å². The van der Waals surface area contributed by atoms with Crippen molar-refractivity contribution in [3.8, 4) is 0 Å². The summed E-state index contributed by atoms with van der Waals surface area (Å²) in [4.78, 5) is 0. The normalized spacial score (nSPS) is 38.8. The van der Waals surface area contributed by atoms with Gasteiger partial charge in [0.1, 0.15) is 0 Å². The Morgan fingerprint density at radius 2 is 1.96 bits per heavy atom. The van der Waals surface area contributed by atoms with Gasteiger partial charge in [0, 0.05) is 17.5 Å². The Bertz CT molecular complexity index is 677. The Hall–Kier alpha value is -1.46. The van der Waals surface area contributed by atoms with Crippen LogP contribution >= 0.6 is 12.2 Å². The topological polar surface area (TPSA) is 70.6 Å². The molecule has 2 bridgehead atoms. The molecule has 0 aliphatic heterocycles. The largest absolute Gasteiger partial charge is 0.389 e. The molecular weight excluding hydrogens is 330 g/mol. The highest BCUT2D eigenvalue weighted by Gasteiger charge is 2.58. The number of hydrogen-bond acceptors (Lipinski definition) is 3. The van der Waals surface area contributed by atoms with Crippen LogP contribution < -0.4 is 11.2 Å². The Kier molecular flexibility index (Phi) is 4.54. The smallest absolute Gasteiger partial charge is 0.184 e. The van der Waals surface area contributed by atoms with Gasteiger partial charge in [-0.25, -0.2) is 0 Å². The Balaban J connectivity index is 1.81. The summed E-state index contributed by atoms with van der Waals surface area (Å²) in [5, 5.41) is 16.6. The number of nitrogens with one attached hydrogen (secondary N) is 1. The molecule has 3 aliphatic rings. The quantitative estimate of drug-likeness (QED) is 0.561. The van der Waals surface area contributed by atoms with Crippen molar-refractivity contribution < 1.29 is 5.11 Å². The minimum atomic E-state index is -0.646. The zero-order valence-corrected chi connectivity index (χ0v) is 15.3. The molecule has 3 aliphatic carbocycles. The molecule has 134 valence electrons. The number of nitrogens with two attached hydrogens (primary N) is 1. The predicted octanol–water partition coefficient (Wildman–Crippen LogP) is 3.31. The fraction of sp³-hybridized carbons (Fsp3) is 0.600. The van der Waals surface area contributed by atoms with E-state index in [4.69, 9.17) is 18.0 Å². The lowest BCUT2D eigenvalue weighted by Gasteiger charge is -2.57. The summed E-state index contributed by atoms with van der Waals surface area (Å²) in [5.74, 6) is 1.16. The van der Waals surface area contributed by atoms with Crippen LogP contribution in [0.5, 0.6) is 0 Å². The van der Waals surface area contributed by atoms with E-state index in [2.05, 4.69) is 40.9 Å². The third-order valence-corrected chi connectivity index (χ3v) is 6.77. The third-order valence-electron chi connectivity index (χ3n) is 6.68. The van der Waals surface area contributed by atoms with Gasteiger partial charge in [-0.1, -0.05) is 49.6 Å². The number of hydrazone groups is 1. The van der Waals surface area contributed by atoms with Crippen molar-refractivity contribution in [3.05, 3.63) is 35.9 Å². The molecule has 25 heavy (non-hydrogen) atoms. The summed E-state index contributed by atoms with van der Waals surface area (Å²) in [7, 11) is 0. The van der Waals surface area contributed by atoms with Gasteiger partial charge in [-0.2, -0.15) is 5.10 Å². The SMILES string of the molecule is NC(=S)N/N=C1/[C@H]2CCC[C@@H]1[C@@]1(O)CCCC[C@@H]1[C@H]2c1ccccc1. The van der Waals surface area contributed by atoms with Crippen LogP contribution in [-0.2, 0) is 0 Å². The molecule has 0 unspecified atom stereocenters. The first-order valence-corrected chi connectivity index (χ1v) is 9.92. The number of thiocarbonyl (C=S) groups is 1. The maximum Gasteiger partial charge on any atom is 0.184 e. The molecule has 0 aromatic heterocycles. The summed E-state index contributed by atoms with van der Waals surface area (Å²) in [5.41, 5.74) is 10.2. The first-order chi connectivity index (χ1) is 12.1. The molecule has 3 fully saturated rings. The minimum absolute atomic E-state index is 0.137. The number of nitrogens with zero attached hydrogens (tertiary/aromatic N) is 1. The van der Waals surface area contributed by atoms with Gasteiger partial charge < -0.3 is 10.8 Å². The second-order valence-electron chi connectivity index (χ2n) is 7.88. The van der Waals surface area contributed by atoms with Crippen LogP contribution in [-0.4, -0.2) is 21.5 Å². The number of benzene rings is 1. The van der Waals surface area contributed by atoms with E-state index in [-0.39, 0.29) is 11.0 Å². The summed E-state index contributed by atoms with van der Waals surface area (Å²) in [6.07, 6.45) is 7.60. The van der Waals surface area contributed by atoms with Crippen LogP contribution in [0.4, 0.5) is 0 Å². The molecule has 4 N–H and O–H groups in total. The minimum Gasteiger partial charge on any atom is -0.389 e. The first kappa shape index (κ1) is 17.0. The highest BCUT2D eigenvalue weighted by Crippen LogP contribution is 2.58. The van der Waals surface area contributed by atoms with Crippen LogP contribution in [0.25, 0.3) is 0 Å². The molecule has 3 saturated carbocycles. The summed E-state index contributed by atoms with van der Waals surface area (Å²) < 4.78 is 0. The molecule has 0 heterocycles. The van der Waals surface area contributed by atoms with Crippen molar-refractivity contribution in [2.45, 2.75) is 56.5 Å². The lowest BCUT2D eigenvalue weighted by atomic mass is 9.49. The maximum absolute atomic E-state index is 11.8. The molecular formula is C20H27N3OS. The number of hydrogen-bond donors (Lipinski definition) is 3. The molecule has 0 radical (unpaired) electrons. The van der Waals surface area contributed by atoms with Gasteiger partial charge in [0.2, 0.25) is 0 Å². The second kappa shape index (κ2) is 6.69. The third kappa shape index (κ3) is 2.87. The summed E-state index contributed by atoms with van der Waals surface area (Å²) >= 11 is 4.96. The van der Waals surface area contributed by atoms with Crippen molar-refractivity contribution in [2.75, 3.05) is 0 Å². The highest BCUT2D eigenvalue weighted by atomic mass is 32.1. The van der Waals surface area contributed by atoms with E-state index in [0.717, 1.165) is 44.2 Å². The van der Waals surface area contributed by atoms with Gasteiger partial charge in [-0.3, -0.25) is 5.43 Å². The number of rotatable bonds is 2. The fourth-order valence-electron chi connectivity index (χ4n) is 5.80. The van der Waals surface area contributed by atoms with Crippen LogP contribution in [0.3, 0.4) is 0 Å². The van der Waals surface area contributed by atoms with E-state index in [1.165, 1.54) is 12.0 Å². The van der Waals surface area contributed by atoms with Crippen molar-refractivity contribution in [1.82, 2.24) is 5.43 Å². The number of fused-ring (bicyclic) bond motifs is 4. The molecule has 4 nitrogen and oxygen atoms in total. The Labute approximate surface area is 154 Å². The monoisotopic (exact) mass is 357 g/mol. The molecule has 0 amide bonds. The molecule has 4 rings (SSSR count). The Morgan fingerprint density at radius 3 is 2.72 bits per heavy atom. The van der Waals surface area contributed by atoms with Crippen molar-refractivity contribution in [3.63, 3.8) is 0 Å². The van der Waals surface area contributed by atoms with Crippen molar-refractivity contribution >= 4 is 23.0 Å². The number of aliphatic hydroxyl groups is 1. The average molecular weight is 358 g/mol. The molecule has 5 atom stereocenters. The summed E-state index contributed by atoms with van der Waals surface area (Å²) in [6.45, 7) is 0. The van der Waals surface area contributed by atoms with E-state index in [1.54, 1.807) is 0 Å². The zero-order chi connectivity index (χ0) is 17.4. The zero-order valence-electron chi connectivity index (χ0n) is 14.5. The van der Waals surface area contributed by atoms with Crippen LogP contribution in [0.15, 0.2) is 35.4 Å². The lowest BCUT2D eigenvalue weighted by molar-refractivity contribution is -0.111. The predicted molar refractivity (Wildman–Crippen MR) is 104 cm³/mol. The van der Waals surface area contributed by atoms with Gasteiger partial charge >= 0.3 is 0 Å². The van der Waals surface area contributed by atoms with Gasteiger partial charge in [0.25, 0.3) is 0 Å². The van der Waals surface area contributed by atoms with E-state index in [0.29, 0.717) is 17.8 Å². The van der Waals surface area contributed by atoms with Crippen molar-refractivity contribution in [2.24, 2.45) is 28.6 Å². The van der Waals surface area contributed by atoms with Gasteiger partial charge in [0.15, 0.2) is 5.11 Å². The van der Waals surface area contributed by atoms with Gasteiger partial charge in [0.05, 0.1) is 5.60 Å². The molecule has 5 heteroatoms. The maximum atomic E-state index is 11.8. The van der Waals surface area contributed by atoms with Gasteiger partial charge in [-0.15, -0.1) is 0 Å². The van der Waals surface area contributed by atoms with Crippen LogP contribution in [0.1, 0.15) is 56.4 Å². The van der Waals surface area contributed by atoms with Crippen LogP contribution in [0.2, 0.25) is 0 Å². The summed E-state index contributed by atoms with van der Waals surface area (Å²) in [6, 6.07) is 10.7. The molecule has 0 spiro atoms. The van der Waals surface area contributed by atoms with E-state index in [1.807, 2.05) is 0 Å². The van der Waals surface area contributed by atoms with Gasteiger partial charge in [-0.05, 0) is 55.3 Å². The molecule has 1 aromatic carbocycles. The fourth-order valence-corrected chi connectivity index (χ4v) is 5.84. The molecule has 1 aromatic rings. The van der Waals surface area contributed by atoms with Crippen LogP contribution in [0, 0.1) is 17.8 Å². The first-order valence-electron chi connectivity index (χ1n) is 9.51. The van der Waals surface area contributed by atoms with E-state index < -0.39 is 5.60 Å².